The normalized spacial score (nSPS) is 27.1. The van der Waals surface area contributed by atoms with Crippen LogP contribution in [-0.4, -0.2) is 29.3 Å². The lowest BCUT2D eigenvalue weighted by Crippen LogP contribution is -2.45. The zero-order chi connectivity index (χ0) is 18.5. The van der Waals surface area contributed by atoms with E-state index in [0.29, 0.717) is 13.0 Å². The summed E-state index contributed by atoms with van der Waals surface area (Å²) in [5.41, 5.74) is -1.39. The van der Waals surface area contributed by atoms with Crippen molar-refractivity contribution in [2.24, 2.45) is 17.3 Å². The molecule has 0 heterocycles. The molecule has 0 bridgehead atoms. The van der Waals surface area contributed by atoms with Crippen LogP contribution < -0.4 is 5.32 Å². The monoisotopic (exact) mass is 349 g/mol. The van der Waals surface area contributed by atoms with E-state index in [0.717, 1.165) is 25.7 Å². The topological polar surface area (TPSA) is 75.6 Å². The van der Waals surface area contributed by atoms with Gasteiger partial charge < -0.3 is 15.2 Å². The second-order valence-corrected chi connectivity index (χ2v) is 8.14. The molecular weight excluding hydrogens is 318 g/mol. The van der Waals surface area contributed by atoms with Gasteiger partial charge in [0.2, 0.25) is 0 Å². The molecule has 140 valence electrons. The Hall–Kier alpha value is -1.78. The third-order valence-corrected chi connectivity index (χ3v) is 5.21. The second-order valence-electron chi connectivity index (χ2n) is 8.14. The molecule has 1 amide bonds. The molecule has 2 aliphatic rings. The molecule has 0 aromatic carbocycles. The van der Waals surface area contributed by atoms with Gasteiger partial charge in [-0.15, -0.1) is 0 Å². The number of nitrogens with one attached hydrogen (secondary N) is 1. The third kappa shape index (κ3) is 4.86. The SMILES string of the molecule is CC(C)(C)OC(=O)NCCC1C=CC=CC1(C(=O)O)C1CCCCC1. The molecule has 5 nitrogen and oxygen atoms in total. The number of carboxylic acid groups (broad SMARTS) is 1. The predicted octanol–water partition coefficient (Wildman–Crippen LogP) is 4.29. The molecule has 2 atom stereocenters. The summed E-state index contributed by atoms with van der Waals surface area (Å²) in [4.78, 5) is 24.1. The van der Waals surface area contributed by atoms with Gasteiger partial charge in [-0.25, -0.2) is 4.79 Å². The molecule has 0 spiro atoms. The van der Waals surface area contributed by atoms with Gasteiger partial charge in [0.1, 0.15) is 5.60 Å². The smallest absolute Gasteiger partial charge is 0.407 e. The maximum absolute atomic E-state index is 12.3. The highest BCUT2D eigenvalue weighted by molar-refractivity contribution is 5.79. The summed E-state index contributed by atoms with van der Waals surface area (Å²) < 4.78 is 5.24. The minimum absolute atomic E-state index is 0.118. The zero-order valence-electron chi connectivity index (χ0n) is 15.6. The van der Waals surface area contributed by atoms with Crippen LogP contribution in [-0.2, 0) is 9.53 Å². The van der Waals surface area contributed by atoms with E-state index in [4.69, 9.17) is 4.74 Å². The number of hydrogen-bond donors (Lipinski definition) is 2. The highest BCUT2D eigenvalue weighted by atomic mass is 16.6. The lowest BCUT2D eigenvalue weighted by atomic mass is 9.60. The Morgan fingerprint density at radius 2 is 1.88 bits per heavy atom. The first-order valence-corrected chi connectivity index (χ1v) is 9.32. The Bertz CT molecular complexity index is 540. The van der Waals surface area contributed by atoms with E-state index in [1.54, 1.807) is 0 Å². The van der Waals surface area contributed by atoms with Crippen molar-refractivity contribution < 1.29 is 19.4 Å². The number of carbonyl (C=O) groups excluding carboxylic acids is 1. The number of alkyl carbamates (subject to hydrolysis) is 1. The Balaban J connectivity index is 2.03. The molecule has 2 rings (SSSR count). The summed E-state index contributed by atoms with van der Waals surface area (Å²) in [6.07, 6.45) is 13.1. The maximum atomic E-state index is 12.3. The molecule has 0 saturated heterocycles. The first-order chi connectivity index (χ1) is 11.8. The number of carboxylic acids is 1. The average Bonchev–Trinajstić information content (AvgIpc) is 2.54. The van der Waals surface area contributed by atoms with Gasteiger partial charge in [-0.3, -0.25) is 4.79 Å². The van der Waals surface area contributed by atoms with Crippen molar-refractivity contribution in [1.82, 2.24) is 5.32 Å². The van der Waals surface area contributed by atoms with Crippen molar-refractivity contribution in [2.45, 2.75) is 64.9 Å². The minimum Gasteiger partial charge on any atom is -0.481 e. The Kier molecular flexibility index (Phi) is 6.31. The first-order valence-electron chi connectivity index (χ1n) is 9.32. The number of aliphatic carboxylic acids is 1. The van der Waals surface area contributed by atoms with Crippen LogP contribution in [0.1, 0.15) is 59.3 Å². The van der Waals surface area contributed by atoms with Gasteiger partial charge in [-0.2, -0.15) is 0 Å². The number of allylic oxidation sites excluding steroid dienone is 3. The molecule has 25 heavy (non-hydrogen) atoms. The van der Waals surface area contributed by atoms with Crippen LogP contribution in [0.2, 0.25) is 0 Å². The molecule has 1 saturated carbocycles. The molecule has 0 aromatic heterocycles. The largest absolute Gasteiger partial charge is 0.481 e. The van der Waals surface area contributed by atoms with Crippen LogP contribution in [0.25, 0.3) is 0 Å². The van der Waals surface area contributed by atoms with E-state index >= 15 is 0 Å². The van der Waals surface area contributed by atoms with Gasteiger partial charge >= 0.3 is 12.1 Å². The molecule has 1 fully saturated rings. The van der Waals surface area contributed by atoms with Crippen molar-refractivity contribution >= 4 is 12.1 Å². The summed E-state index contributed by atoms with van der Waals surface area (Å²) in [7, 11) is 0. The number of amides is 1. The lowest BCUT2D eigenvalue weighted by Gasteiger charge is -2.43. The van der Waals surface area contributed by atoms with E-state index in [9.17, 15) is 14.7 Å². The van der Waals surface area contributed by atoms with E-state index < -0.39 is 23.1 Å². The summed E-state index contributed by atoms with van der Waals surface area (Å²) in [5.74, 6) is -0.707. The summed E-state index contributed by atoms with van der Waals surface area (Å²) in [6.45, 7) is 5.86. The third-order valence-electron chi connectivity index (χ3n) is 5.21. The Morgan fingerprint density at radius 3 is 2.48 bits per heavy atom. The summed E-state index contributed by atoms with van der Waals surface area (Å²) in [6, 6.07) is 0. The van der Waals surface area contributed by atoms with E-state index in [2.05, 4.69) is 5.32 Å². The van der Waals surface area contributed by atoms with Gasteiger partial charge in [0.05, 0.1) is 5.41 Å². The minimum atomic E-state index is -0.856. The van der Waals surface area contributed by atoms with Crippen molar-refractivity contribution in [2.75, 3.05) is 6.54 Å². The van der Waals surface area contributed by atoms with Crippen molar-refractivity contribution in [1.29, 1.82) is 0 Å². The fourth-order valence-electron chi connectivity index (χ4n) is 4.10. The van der Waals surface area contributed by atoms with E-state index in [1.165, 1.54) is 6.42 Å². The van der Waals surface area contributed by atoms with Crippen molar-refractivity contribution in [3.05, 3.63) is 24.3 Å². The fourth-order valence-corrected chi connectivity index (χ4v) is 4.10. The van der Waals surface area contributed by atoms with Crippen LogP contribution in [0.3, 0.4) is 0 Å². The summed E-state index contributed by atoms with van der Waals surface area (Å²) >= 11 is 0. The molecule has 2 N–H and O–H groups in total. The van der Waals surface area contributed by atoms with E-state index in [1.807, 2.05) is 45.1 Å². The van der Waals surface area contributed by atoms with Crippen LogP contribution >= 0.6 is 0 Å². The number of hydrogen-bond acceptors (Lipinski definition) is 3. The lowest BCUT2D eigenvalue weighted by molar-refractivity contribution is -0.152. The Morgan fingerprint density at radius 1 is 1.20 bits per heavy atom. The molecule has 5 heteroatoms. The number of carbonyl (C=O) groups is 2. The fraction of sp³-hybridized carbons (Fsp3) is 0.700. The van der Waals surface area contributed by atoms with Gasteiger partial charge in [-0.1, -0.05) is 43.6 Å². The van der Waals surface area contributed by atoms with Crippen molar-refractivity contribution in [3.63, 3.8) is 0 Å². The van der Waals surface area contributed by atoms with Gasteiger partial charge in [0.25, 0.3) is 0 Å². The van der Waals surface area contributed by atoms with Crippen LogP contribution in [0.15, 0.2) is 24.3 Å². The molecule has 0 aromatic rings. The van der Waals surface area contributed by atoms with Crippen molar-refractivity contribution in [3.8, 4) is 0 Å². The molecule has 0 radical (unpaired) electrons. The summed E-state index contributed by atoms with van der Waals surface area (Å²) in [5, 5.41) is 12.8. The van der Waals surface area contributed by atoms with Crippen LogP contribution in [0.5, 0.6) is 0 Å². The van der Waals surface area contributed by atoms with Gasteiger partial charge in [-0.05, 0) is 51.9 Å². The standard InChI is InChI=1S/C20H31NO4/c1-19(2,3)25-18(24)21-14-12-16-11-7-8-13-20(16,17(22)23)15-9-5-4-6-10-15/h7-8,11,13,15-16H,4-6,9-10,12,14H2,1-3H3,(H,21,24)(H,22,23). The molecular formula is C20H31NO4. The number of ether oxygens (including phenoxy) is 1. The zero-order valence-corrected chi connectivity index (χ0v) is 15.6. The quantitative estimate of drug-likeness (QED) is 0.776. The van der Waals surface area contributed by atoms with Gasteiger partial charge in [0.15, 0.2) is 0 Å². The number of rotatable bonds is 5. The highest BCUT2D eigenvalue weighted by Crippen LogP contribution is 2.48. The maximum Gasteiger partial charge on any atom is 0.407 e. The molecule has 2 unspecified atom stereocenters. The van der Waals surface area contributed by atoms with Crippen LogP contribution in [0.4, 0.5) is 4.79 Å². The first kappa shape index (κ1) is 19.5. The van der Waals surface area contributed by atoms with E-state index in [-0.39, 0.29) is 11.8 Å². The highest BCUT2D eigenvalue weighted by Gasteiger charge is 2.49. The second kappa shape index (κ2) is 8.07. The van der Waals surface area contributed by atoms with Crippen LogP contribution in [0, 0.1) is 17.3 Å². The molecule has 0 aliphatic heterocycles. The predicted molar refractivity (Wildman–Crippen MR) is 97.3 cm³/mol. The molecule has 2 aliphatic carbocycles. The van der Waals surface area contributed by atoms with Gasteiger partial charge in [0, 0.05) is 6.54 Å². The Labute approximate surface area is 150 Å². The average molecular weight is 349 g/mol.